The molecule has 3 N–H and O–H groups in total. The molecule has 0 aromatic rings. The zero-order chi connectivity index (χ0) is 9.73. The number of thioether (sulfide) groups is 1. The summed E-state index contributed by atoms with van der Waals surface area (Å²) in [6, 6.07) is 0. The lowest BCUT2D eigenvalue weighted by Crippen LogP contribution is -2.55. The fourth-order valence-electron chi connectivity index (χ4n) is 1.75. The van der Waals surface area contributed by atoms with E-state index < -0.39 is 0 Å². The molecule has 0 amide bonds. The number of hydrogen-bond donors (Lipinski definition) is 2. The van der Waals surface area contributed by atoms with Gasteiger partial charge < -0.3 is 15.8 Å². The van der Waals surface area contributed by atoms with Gasteiger partial charge in [-0.3, -0.25) is 0 Å². The van der Waals surface area contributed by atoms with Gasteiger partial charge in [0.2, 0.25) is 0 Å². The first-order valence-electron chi connectivity index (χ1n) is 4.81. The molecule has 1 fully saturated rings. The van der Waals surface area contributed by atoms with Gasteiger partial charge in [0.15, 0.2) is 0 Å². The molecule has 2 atom stereocenters. The molecule has 0 spiro atoms. The van der Waals surface area contributed by atoms with Crippen molar-refractivity contribution in [3.8, 4) is 0 Å². The summed E-state index contributed by atoms with van der Waals surface area (Å²) in [5.74, 6) is 1.22. The molecular formula is C9H20N2OS. The fraction of sp³-hybridized carbons (Fsp3) is 1.00. The molecule has 0 aromatic heterocycles. The molecule has 1 aliphatic heterocycles. The van der Waals surface area contributed by atoms with Gasteiger partial charge in [-0.15, -0.1) is 0 Å². The van der Waals surface area contributed by atoms with Gasteiger partial charge in [-0.05, 0) is 12.2 Å². The third-order valence-corrected chi connectivity index (χ3v) is 4.23. The normalized spacial score (nSPS) is 33.9. The quantitative estimate of drug-likeness (QED) is 0.638. The summed E-state index contributed by atoms with van der Waals surface area (Å²) >= 11 is 2.00. The predicted octanol–water partition coefficient (Wildman–Crippen LogP) is 0.445. The minimum absolute atomic E-state index is 0.156. The van der Waals surface area contributed by atoms with E-state index in [1.54, 1.807) is 7.11 Å². The summed E-state index contributed by atoms with van der Waals surface area (Å²) in [5, 5.41) is 4.14. The topological polar surface area (TPSA) is 47.3 Å². The Morgan fingerprint density at radius 3 is 2.92 bits per heavy atom. The maximum atomic E-state index is 5.82. The molecule has 2 unspecified atom stereocenters. The number of methoxy groups -OCH3 is 1. The molecule has 1 aliphatic rings. The van der Waals surface area contributed by atoms with E-state index >= 15 is 0 Å². The summed E-state index contributed by atoms with van der Waals surface area (Å²) in [6.45, 7) is 4.65. The Balaban J connectivity index is 2.39. The maximum absolute atomic E-state index is 5.82. The highest BCUT2D eigenvalue weighted by Gasteiger charge is 2.38. The molecule has 78 valence electrons. The second-order valence-corrected chi connectivity index (χ2v) is 4.99. The van der Waals surface area contributed by atoms with Crippen LogP contribution in [0.5, 0.6) is 0 Å². The molecule has 1 heterocycles. The Labute approximate surface area is 84.8 Å². The monoisotopic (exact) mass is 204 g/mol. The number of rotatable bonds is 5. The van der Waals surface area contributed by atoms with E-state index in [2.05, 4.69) is 12.2 Å². The standard InChI is InChI=1S/C9H20N2OS/c1-8-9(7-10,3-6-13-8)11-4-5-12-2/h8,11H,3-7,10H2,1-2H3. The van der Waals surface area contributed by atoms with E-state index in [0.717, 1.165) is 19.7 Å². The van der Waals surface area contributed by atoms with Gasteiger partial charge in [-0.1, -0.05) is 6.92 Å². The SMILES string of the molecule is COCCNC1(CN)CCSC1C. The summed E-state index contributed by atoms with van der Waals surface area (Å²) in [6.07, 6.45) is 1.18. The number of ether oxygens (including phenoxy) is 1. The Morgan fingerprint density at radius 2 is 2.46 bits per heavy atom. The Bertz CT molecular complexity index is 157. The summed E-state index contributed by atoms with van der Waals surface area (Å²) < 4.78 is 5.02. The van der Waals surface area contributed by atoms with Crippen molar-refractivity contribution in [1.29, 1.82) is 0 Å². The highest BCUT2D eigenvalue weighted by molar-refractivity contribution is 8.00. The number of nitrogens with one attached hydrogen (secondary N) is 1. The molecule has 3 nitrogen and oxygen atoms in total. The Kier molecular flexibility index (Phi) is 4.52. The van der Waals surface area contributed by atoms with Crippen molar-refractivity contribution >= 4 is 11.8 Å². The van der Waals surface area contributed by atoms with E-state index in [9.17, 15) is 0 Å². The van der Waals surface area contributed by atoms with Crippen LogP contribution in [0.1, 0.15) is 13.3 Å². The Hall–Kier alpha value is 0.230. The minimum Gasteiger partial charge on any atom is -0.383 e. The first-order valence-corrected chi connectivity index (χ1v) is 5.85. The lowest BCUT2D eigenvalue weighted by Gasteiger charge is -2.32. The highest BCUT2D eigenvalue weighted by atomic mass is 32.2. The van der Waals surface area contributed by atoms with Crippen LogP contribution in [0.4, 0.5) is 0 Å². The largest absolute Gasteiger partial charge is 0.383 e. The van der Waals surface area contributed by atoms with Crippen LogP contribution in [-0.4, -0.2) is 43.3 Å². The second kappa shape index (κ2) is 5.20. The van der Waals surface area contributed by atoms with Crippen molar-refractivity contribution in [3.63, 3.8) is 0 Å². The van der Waals surface area contributed by atoms with Gasteiger partial charge in [0.25, 0.3) is 0 Å². The third kappa shape index (κ3) is 2.59. The molecule has 4 heteroatoms. The van der Waals surface area contributed by atoms with Crippen LogP contribution >= 0.6 is 11.8 Å². The van der Waals surface area contributed by atoms with Gasteiger partial charge in [0.1, 0.15) is 0 Å². The highest BCUT2D eigenvalue weighted by Crippen LogP contribution is 2.34. The summed E-state index contributed by atoms with van der Waals surface area (Å²) in [5.41, 5.74) is 5.98. The van der Waals surface area contributed by atoms with Crippen LogP contribution in [0.25, 0.3) is 0 Å². The van der Waals surface area contributed by atoms with E-state index in [4.69, 9.17) is 10.5 Å². The molecule has 0 saturated carbocycles. The zero-order valence-electron chi connectivity index (χ0n) is 8.51. The van der Waals surface area contributed by atoms with Crippen LogP contribution in [0.2, 0.25) is 0 Å². The van der Waals surface area contributed by atoms with Crippen molar-refractivity contribution in [2.45, 2.75) is 24.1 Å². The van der Waals surface area contributed by atoms with Gasteiger partial charge in [0, 0.05) is 31.0 Å². The minimum atomic E-state index is 0.156. The van der Waals surface area contributed by atoms with Crippen molar-refractivity contribution in [2.75, 3.05) is 32.6 Å². The van der Waals surface area contributed by atoms with Gasteiger partial charge >= 0.3 is 0 Å². The van der Waals surface area contributed by atoms with E-state index in [1.165, 1.54) is 12.2 Å². The van der Waals surface area contributed by atoms with E-state index in [0.29, 0.717) is 5.25 Å². The van der Waals surface area contributed by atoms with Crippen LogP contribution in [0, 0.1) is 0 Å². The molecular weight excluding hydrogens is 184 g/mol. The molecule has 1 saturated heterocycles. The van der Waals surface area contributed by atoms with Crippen molar-refractivity contribution in [3.05, 3.63) is 0 Å². The predicted molar refractivity (Wildman–Crippen MR) is 58.2 cm³/mol. The molecule has 0 aliphatic carbocycles. The van der Waals surface area contributed by atoms with Crippen LogP contribution in [-0.2, 0) is 4.74 Å². The molecule has 13 heavy (non-hydrogen) atoms. The van der Waals surface area contributed by atoms with Gasteiger partial charge in [-0.2, -0.15) is 11.8 Å². The lowest BCUT2D eigenvalue weighted by atomic mass is 9.93. The van der Waals surface area contributed by atoms with Crippen molar-refractivity contribution in [2.24, 2.45) is 5.73 Å². The van der Waals surface area contributed by atoms with E-state index in [1.807, 2.05) is 11.8 Å². The second-order valence-electron chi connectivity index (χ2n) is 3.54. The summed E-state index contributed by atoms with van der Waals surface area (Å²) in [7, 11) is 1.73. The van der Waals surface area contributed by atoms with Crippen LogP contribution in [0.3, 0.4) is 0 Å². The molecule has 1 rings (SSSR count). The molecule has 0 bridgehead atoms. The number of nitrogens with two attached hydrogens (primary N) is 1. The van der Waals surface area contributed by atoms with Gasteiger partial charge in [0.05, 0.1) is 6.61 Å². The molecule has 0 aromatic carbocycles. The zero-order valence-corrected chi connectivity index (χ0v) is 9.32. The Morgan fingerprint density at radius 1 is 1.69 bits per heavy atom. The van der Waals surface area contributed by atoms with Crippen LogP contribution in [0.15, 0.2) is 0 Å². The summed E-state index contributed by atoms with van der Waals surface area (Å²) in [4.78, 5) is 0. The smallest absolute Gasteiger partial charge is 0.0587 e. The first-order chi connectivity index (χ1) is 6.25. The maximum Gasteiger partial charge on any atom is 0.0587 e. The average molecular weight is 204 g/mol. The lowest BCUT2D eigenvalue weighted by molar-refractivity contribution is 0.184. The van der Waals surface area contributed by atoms with Crippen molar-refractivity contribution in [1.82, 2.24) is 5.32 Å². The number of hydrogen-bond acceptors (Lipinski definition) is 4. The van der Waals surface area contributed by atoms with Crippen LogP contribution < -0.4 is 11.1 Å². The third-order valence-electron chi connectivity index (χ3n) is 2.84. The van der Waals surface area contributed by atoms with E-state index in [-0.39, 0.29) is 5.54 Å². The average Bonchev–Trinajstić information content (AvgIpc) is 2.49. The molecule has 0 radical (unpaired) electrons. The van der Waals surface area contributed by atoms with Crippen molar-refractivity contribution < 1.29 is 4.74 Å². The fourth-order valence-corrected chi connectivity index (χ4v) is 3.21. The first kappa shape index (κ1) is 11.3. The van der Waals surface area contributed by atoms with Gasteiger partial charge in [-0.25, -0.2) is 0 Å².